The fraction of sp³-hybridized carbons (Fsp3) is 0.455. The van der Waals surface area contributed by atoms with E-state index in [0.29, 0.717) is 37.8 Å². The van der Waals surface area contributed by atoms with Gasteiger partial charge < -0.3 is 14.5 Å². The Labute approximate surface area is 189 Å². The van der Waals surface area contributed by atoms with E-state index in [-0.39, 0.29) is 17.1 Å². The van der Waals surface area contributed by atoms with Gasteiger partial charge in [-0.05, 0) is 57.1 Å². The molecule has 1 saturated heterocycles. The number of likely N-dealkylation sites (N-methyl/N-ethyl adjacent to an activating group) is 1. The Morgan fingerprint density at radius 3 is 2.47 bits per heavy atom. The molecule has 0 unspecified atom stereocenters. The van der Waals surface area contributed by atoms with Crippen molar-refractivity contribution in [1.29, 1.82) is 0 Å². The van der Waals surface area contributed by atoms with Gasteiger partial charge in [-0.25, -0.2) is 13.1 Å². The van der Waals surface area contributed by atoms with Crippen LogP contribution < -0.4 is 14.4 Å². The third kappa shape index (κ3) is 6.41. The Hall–Kier alpha value is -2.69. The highest BCUT2D eigenvalue weighted by Crippen LogP contribution is 2.33. The van der Waals surface area contributed by atoms with Gasteiger partial charge in [-0.3, -0.25) is 10.1 Å². The molecule has 1 heterocycles. The van der Waals surface area contributed by atoms with E-state index >= 15 is 0 Å². The first-order valence-electron chi connectivity index (χ1n) is 10.6. The minimum Gasteiger partial charge on any atom is -0.493 e. The summed E-state index contributed by atoms with van der Waals surface area (Å²) in [6.45, 7) is 2.66. The van der Waals surface area contributed by atoms with Crippen LogP contribution in [0, 0.1) is 16.0 Å². The molecule has 32 heavy (non-hydrogen) atoms. The van der Waals surface area contributed by atoms with E-state index in [0.717, 1.165) is 24.7 Å². The van der Waals surface area contributed by atoms with E-state index in [1.807, 2.05) is 54.2 Å². The molecule has 2 aromatic rings. The highest BCUT2D eigenvalue weighted by molar-refractivity contribution is 7.89. The Kier molecular flexibility index (Phi) is 8.05. The van der Waals surface area contributed by atoms with Gasteiger partial charge in [0.1, 0.15) is 11.4 Å². The molecule has 0 bridgehead atoms. The molecule has 0 atom stereocenters. The number of anilines is 1. The lowest BCUT2D eigenvalue weighted by Gasteiger charge is -2.33. The maximum absolute atomic E-state index is 12.5. The van der Waals surface area contributed by atoms with Crippen molar-refractivity contribution < 1.29 is 18.1 Å². The van der Waals surface area contributed by atoms with Gasteiger partial charge in [0.2, 0.25) is 10.0 Å². The number of sulfonamides is 1. The monoisotopic (exact) mass is 462 g/mol. The van der Waals surface area contributed by atoms with Crippen molar-refractivity contribution >= 4 is 21.4 Å². The highest BCUT2D eigenvalue weighted by atomic mass is 32.2. The molecule has 1 aliphatic rings. The molecule has 0 amide bonds. The molecule has 1 N–H and O–H groups in total. The number of nitrogens with one attached hydrogen (secondary N) is 1. The standard InChI is InChI=1S/C22H30N4O5S/c1-24(2)15-12-23-32(29,30)20-8-9-21(22(16-20)26(27)28)25-13-10-18(11-14-25)17-31-19-6-4-3-5-7-19/h3-9,16,18,23H,10-15,17H2,1-2H3. The van der Waals surface area contributed by atoms with Crippen LogP contribution >= 0.6 is 0 Å². The Morgan fingerprint density at radius 1 is 1.16 bits per heavy atom. The van der Waals surface area contributed by atoms with Crippen LogP contribution in [0.1, 0.15) is 12.8 Å². The maximum Gasteiger partial charge on any atom is 0.293 e. The van der Waals surface area contributed by atoms with Crippen molar-refractivity contribution in [2.75, 3.05) is 51.8 Å². The van der Waals surface area contributed by atoms with E-state index in [9.17, 15) is 18.5 Å². The Bertz CT molecular complexity index is 1010. The van der Waals surface area contributed by atoms with Crippen molar-refractivity contribution in [1.82, 2.24) is 9.62 Å². The van der Waals surface area contributed by atoms with Crippen LogP contribution in [0.15, 0.2) is 53.4 Å². The number of benzene rings is 2. The average Bonchev–Trinajstić information content (AvgIpc) is 2.78. The fourth-order valence-corrected chi connectivity index (χ4v) is 4.68. The molecule has 1 aliphatic heterocycles. The number of para-hydroxylation sites is 1. The van der Waals surface area contributed by atoms with Crippen molar-refractivity contribution in [2.45, 2.75) is 17.7 Å². The van der Waals surface area contributed by atoms with Crippen LogP contribution in [0.3, 0.4) is 0 Å². The topological polar surface area (TPSA) is 105 Å². The van der Waals surface area contributed by atoms with Gasteiger partial charge in [-0.1, -0.05) is 18.2 Å². The first-order chi connectivity index (χ1) is 15.3. The van der Waals surface area contributed by atoms with Gasteiger partial charge in [-0.2, -0.15) is 0 Å². The van der Waals surface area contributed by atoms with Gasteiger partial charge >= 0.3 is 0 Å². The van der Waals surface area contributed by atoms with Crippen molar-refractivity contribution in [3.8, 4) is 5.75 Å². The SMILES string of the molecule is CN(C)CCNS(=O)(=O)c1ccc(N2CCC(COc3ccccc3)CC2)c([N+](=O)[O-])c1. The Balaban J connectivity index is 1.64. The predicted octanol–water partition coefficient (Wildman–Crippen LogP) is 2.73. The molecular formula is C22H30N4O5S. The number of hydrogen-bond acceptors (Lipinski definition) is 7. The van der Waals surface area contributed by atoms with Gasteiger partial charge in [0.25, 0.3) is 5.69 Å². The molecule has 1 fully saturated rings. The molecule has 0 aliphatic carbocycles. The molecule has 3 rings (SSSR count). The van der Waals surface area contributed by atoms with Crippen LogP contribution in [0.4, 0.5) is 11.4 Å². The Morgan fingerprint density at radius 2 is 1.84 bits per heavy atom. The number of hydrogen-bond donors (Lipinski definition) is 1. The number of rotatable bonds is 10. The summed E-state index contributed by atoms with van der Waals surface area (Å²) in [5.41, 5.74) is 0.254. The second-order valence-electron chi connectivity index (χ2n) is 8.16. The largest absolute Gasteiger partial charge is 0.493 e. The maximum atomic E-state index is 12.5. The highest BCUT2D eigenvalue weighted by Gasteiger charge is 2.27. The molecule has 174 valence electrons. The first kappa shape index (κ1) is 24.0. The van der Waals surface area contributed by atoms with Crippen molar-refractivity contribution in [2.24, 2.45) is 5.92 Å². The average molecular weight is 463 g/mol. The minimum atomic E-state index is -3.82. The summed E-state index contributed by atoms with van der Waals surface area (Å²) in [6, 6.07) is 13.8. The molecule has 0 spiro atoms. The first-order valence-corrected chi connectivity index (χ1v) is 12.1. The summed E-state index contributed by atoms with van der Waals surface area (Å²) in [7, 11) is -0.142. The number of ether oxygens (including phenoxy) is 1. The fourth-order valence-electron chi connectivity index (χ4n) is 3.64. The summed E-state index contributed by atoms with van der Waals surface area (Å²) >= 11 is 0. The summed E-state index contributed by atoms with van der Waals surface area (Å²) in [5, 5.41) is 11.7. The van der Waals surface area contributed by atoms with Crippen molar-refractivity contribution in [3.05, 3.63) is 58.6 Å². The molecule has 10 heteroatoms. The molecule has 9 nitrogen and oxygen atoms in total. The predicted molar refractivity (Wildman–Crippen MR) is 124 cm³/mol. The molecule has 2 aromatic carbocycles. The van der Waals surface area contributed by atoms with Crippen molar-refractivity contribution in [3.63, 3.8) is 0 Å². The second-order valence-corrected chi connectivity index (χ2v) is 9.93. The van der Waals surface area contributed by atoms with Crippen LogP contribution in [-0.2, 0) is 10.0 Å². The zero-order valence-electron chi connectivity index (χ0n) is 18.4. The number of nitro groups is 1. The molecule has 0 aromatic heterocycles. The van der Waals surface area contributed by atoms with E-state index < -0.39 is 14.9 Å². The number of piperidine rings is 1. The lowest BCUT2D eigenvalue weighted by Crippen LogP contribution is -2.36. The number of nitro benzene ring substituents is 1. The van der Waals surface area contributed by atoms with E-state index in [1.165, 1.54) is 6.07 Å². The van der Waals surface area contributed by atoms with Crippen LogP contribution in [0.2, 0.25) is 0 Å². The van der Waals surface area contributed by atoms with E-state index in [1.54, 1.807) is 6.07 Å². The quantitative estimate of drug-likeness (QED) is 0.427. The summed E-state index contributed by atoms with van der Waals surface area (Å²) in [6.07, 6.45) is 1.69. The molecule has 0 saturated carbocycles. The molecule has 0 radical (unpaired) electrons. The van der Waals surface area contributed by atoms with Gasteiger partial charge in [-0.15, -0.1) is 0 Å². The summed E-state index contributed by atoms with van der Waals surface area (Å²) < 4.78 is 33.4. The van der Waals surface area contributed by atoms with Gasteiger partial charge in [0.05, 0.1) is 16.4 Å². The third-order valence-corrected chi connectivity index (χ3v) is 6.95. The van der Waals surface area contributed by atoms with E-state index in [2.05, 4.69) is 4.72 Å². The van der Waals surface area contributed by atoms with Gasteiger partial charge in [0, 0.05) is 32.2 Å². The molecular weight excluding hydrogens is 432 g/mol. The number of nitrogens with zero attached hydrogens (tertiary/aromatic N) is 3. The smallest absolute Gasteiger partial charge is 0.293 e. The van der Waals surface area contributed by atoms with Crippen LogP contribution in [0.25, 0.3) is 0 Å². The minimum absolute atomic E-state index is 0.0992. The second kappa shape index (κ2) is 10.8. The van der Waals surface area contributed by atoms with Crippen LogP contribution in [0.5, 0.6) is 5.75 Å². The normalized spacial score (nSPS) is 15.2. The zero-order valence-corrected chi connectivity index (χ0v) is 19.3. The lowest BCUT2D eigenvalue weighted by atomic mass is 9.97. The van der Waals surface area contributed by atoms with Crippen LogP contribution in [-0.4, -0.2) is 65.1 Å². The zero-order chi connectivity index (χ0) is 23.1. The summed E-state index contributed by atoms with van der Waals surface area (Å²) in [4.78, 5) is 14.9. The summed E-state index contributed by atoms with van der Waals surface area (Å²) in [5.74, 6) is 1.20. The lowest BCUT2D eigenvalue weighted by molar-refractivity contribution is -0.384. The third-order valence-electron chi connectivity index (χ3n) is 5.49. The van der Waals surface area contributed by atoms with E-state index in [4.69, 9.17) is 4.74 Å². The van der Waals surface area contributed by atoms with Gasteiger partial charge in [0.15, 0.2) is 0 Å².